The number of nitrogens with one attached hydrogen (secondary N) is 2. The van der Waals surface area contributed by atoms with Gasteiger partial charge in [0.2, 0.25) is 0 Å². The van der Waals surface area contributed by atoms with Crippen molar-refractivity contribution in [3.63, 3.8) is 0 Å². The van der Waals surface area contributed by atoms with Crippen LogP contribution in [0.4, 0.5) is 0 Å². The van der Waals surface area contributed by atoms with E-state index >= 15 is 0 Å². The molecule has 1 saturated heterocycles. The maximum absolute atomic E-state index is 11.5. The third-order valence-corrected chi connectivity index (χ3v) is 7.61. The van der Waals surface area contributed by atoms with Gasteiger partial charge in [0.1, 0.15) is 6.73 Å². The van der Waals surface area contributed by atoms with E-state index in [2.05, 4.69) is 23.5 Å². The number of hydrogen-bond donors (Lipinski definition) is 6. The summed E-state index contributed by atoms with van der Waals surface area (Å²) in [4.78, 5) is 38.0. The van der Waals surface area contributed by atoms with Crippen molar-refractivity contribution in [2.45, 2.75) is 37.8 Å². The minimum atomic E-state index is -5.19. The molecule has 1 aliphatic carbocycles. The smallest absolute Gasteiger partial charge is 0.302 e. The first-order chi connectivity index (χ1) is 9.59. The molecule has 0 radical (unpaired) electrons. The first kappa shape index (κ1) is 17.9. The maximum Gasteiger partial charge on any atom is 0.521 e. The molecule has 0 bridgehead atoms. The zero-order valence-electron chi connectivity index (χ0n) is 10.9. The molecule has 2 unspecified atom stereocenters. The van der Waals surface area contributed by atoms with Gasteiger partial charge in [-0.3, -0.25) is 14.7 Å². The number of phosphoric acid groups is 2. The normalized spacial score (nSPS) is 45.3. The summed E-state index contributed by atoms with van der Waals surface area (Å²) in [6.07, 6.45) is 2.93. The van der Waals surface area contributed by atoms with Crippen LogP contribution in [0.15, 0.2) is 0 Å². The summed E-state index contributed by atoms with van der Waals surface area (Å²) in [6, 6.07) is -0.737. The van der Waals surface area contributed by atoms with Crippen molar-refractivity contribution in [3.05, 3.63) is 0 Å². The molecule has 124 valence electrons. The Labute approximate surface area is 121 Å². The van der Waals surface area contributed by atoms with Gasteiger partial charge < -0.3 is 4.89 Å². The van der Waals surface area contributed by atoms with Gasteiger partial charge in [-0.05, 0) is 17.2 Å². The number of fused-ring (bicyclic) bond motifs is 1. The molecule has 6 N–H and O–H groups in total. The van der Waals surface area contributed by atoms with Gasteiger partial charge in [-0.1, -0.05) is 12.8 Å². The summed E-state index contributed by atoms with van der Waals surface area (Å²) < 4.78 is 35.6. The summed E-state index contributed by atoms with van der Waals surface area (Å²) >= 11 is 0. The Kier molecular flexibility index (Phi) is 5.59. The Balaban J connectivity index is 2.22. The quantitative estimate of drug-likeness (QED) is 0.327. The minimum absolute atomic E-state index is 0.280. The van der Waals surface area contributed by atoms with Crippen LogP contribution in [0.5, 0.6) is 0 Å². The van der Waals surface area contributed by atoms with Crippen molar-refractivity contribution >= 4 is 23.7 Å². The van der Waals surface area contributed by atoms with Gasteiger partial charge in [0.25, 0.3) is 0 Å². The Bertz CT molecular complexity index is 474. The molecule has 1 heterocycles. The highest BCUT2D eigenvalue weighted by Gasteiger charge is 2.53. The van der Waals surface area contributed by atoms with Gasteiger partial charge >= 0.3 is 23.7 Å². The molecule has 0 aromatic heterocycles. The Morgan fingerprint density at radius 1 is 1.05 bits per heavy atom. The summed E-state index contributed by atoms with van der Waals surface area (Å²) in [5, 5.41) is 5.19. The highest BCUT2D eigenvalue weighted by atomic mass is 31.3. The van der Waals surface area contributed by atoms with Crippen LogP contribution in [-0.2, 0) is 22.3 Å². The van der Waals surface area contributed by atoms with Crippen LogP contribution in [0, 0.1) is 0 Å². The molecule has 0 aromatic carbocycles. The molecule has 14 heteroatoms. The van der Waals surface area contributed by atoms with E-state index in [1.165, 1.54) is 0 Å². The molecule has 0 spiro atoms. The topological polar surface area (TPSA) is 167 Å². The standard InChI is InChI=1S/C7H17N2O9P3/c10-19(11)9-7-4-2-1-3-6(7)8-5-16-20(12,13)18-21(14,15)17-19/h6-11H,1-5H2,(H-,12,13,14,15)/p+1/t6-,7+/m1/s1. The van der Waals surface area contributed by atoms with Gasteiger partial charge in [0, 0.05) is 6.04 Å². The second-order valence-electron chi connectivity index (χ2n) is 4.75. The molecule has 11 nitrogen and oxygen atoms in total. The predicted molar refractivity (Wildman–Crippen MR) is 71.4 cm³/mol. The monoisotopic (exact) mass is 367 g/mol. The van der Waals surface area contributed by atoms with Crippen molar-refractivity contribution in [1.29, 1.82) is 0 Å². The van der Waals surface area contributed by atoms with E-state index in [0.29, 0.717) is 12.8 Å². The largest absolute Gasteiger partial charge is 0.521 e. The lowest BCUT2D eigenvalue weighted by Crippen LogP contribution is -2.49. The van der Waals surface area contributed by atoms with Gasteiger partial charge in [0.05, 0.1) is 6.04 Å². The lowest BCUT2D eigenvalue weighted by molar-refractivity contribution is 0.158. The first-order valence-electron chi connectivity index (χ1n) is 6.17. The van der Waals surface area contributed by atoms with E-state index in [1.807, 2.05) is 0 Å². The maximum atomic E-state index is 11.5. The third kappa shape index (κ3) is 5.58. The fraction of sp³-hybridized carbons (Fsp3) is 1.00. The second-order valence-corrected chi connectivity index (χ2v) is 9.53. The molecule has 2 fully saturated rings. The number of rotatable bonds is 0. The summed E-state index contributed by atoms with van der Waals surface area (Å²) in [6.45, 7) is -0.404. The average molecular weight is 367 g/mol. The molecule has 2 rings (SSSR count). The zero-order valence-corrected chi connectivity index (χ0v) is 13.5. The Morgan fingerprint density at radius 2 is 1.67 bits per heavy atom. The number of phosphoric ester groups is 1. The lowest BCUT2D eigenvalue weighted by atomic mass is 9.91. The highest BCUT2D eigenvalue weighted by Crippen LogP contribution is 2.69. The first-order valence-corrected chi connectivity index (χ1v) is 10.8. The van der Waals surface area contributed by atoms with Crippen molar-refractivity contribution < 1.29 is 41.8 Å². The average Bonchev–Trinajstić information content (AvgIpc) is 2.27. The van der Waals surface area contributed by atoms with E-state index < -0.39 is 36.5 Å². The molecule has 0 amide bonds. The van der Waals surface area contributed by atoms with Gasteiger partial charge in [-0.25, -0.2) is 9.13 Å². The summed E-state index contributed by atoms with van der Waals surface area (Å²) in [5.41, 5.74) is 0. The molecule has 21 heavy (non-hydrogen) atoms. The van der Waals surface area contributed by atoms with Crippen LogP contribution < -0.4 is 10.4 Å². The van der Waals surface area contributed by atoms with Crippen LogP contribution >= 0.6 is 23.7 Å². The zero-order chi connectivity index (χ0) is 15.7. The lowest BCUT2D eigenvalue weighted by Gasteiger charge is -2.31. The highest BCUT2D eigenvalue weighted by molar-refractivity contribution is 7.70. The van der Waals surface area contributed by atoms with Crippen LogP contribution in [0.25, 0.3) is 0 Å². The van der Waals surface area contributed by atoms with Gasteiger partial charge in [-0.2, -0.15) is 14.1 Å². The van der Waals surface area contributed by atoms with Crippen LogP contribution in [-0.4, -0.2) is 38.4 Å². The van der Waals surface area contributed by atoms with Crippen LogP contribution in [0.1, 0.15) is 25.7 Å². The Hall–Kier alpha value is 0.530. The van der Waals surface area contributed by atoms with E-state index in [-0.39, 0.29) is 6.04 Å². The van der Waals surface area contributed by atoms with E-state index in [1.54, 1.807) is 0 Å². The molecule has 1 aliphatic heterocycles. The van der Waals surface area contributed by atoms with E-state index in [9.17, 15) is 28.7 Å². The van der Waals surface area contributed by atoms with Crippen LogP contribution in [0.3, 0.4) is 0 Å². The fourth-order valence-corrected chi connectivity index (χ4v) is 6.25. The fourth-order valence-electron chi connectivity index (χ4n) is 2.31. The molecule has 4 atom stereocenters. The second kappa shape index (κ2) is 6.57. The van der Waals surface area contributed by atoms with Gasteiger partial charge in [0.15, 0.2) is 0 Å². The summed E-state index contributed by atoms with van der Waals surface area (Å²) in [7, 11) is -14.5. The van der Waals surface area contributed by atoms with Crippen molar-refractivity contribution in [3.8, 4) is 0 Å². The summed E-state index contributed by atoms with van der Waals surface area (Å²) in [5.74, 6) is 0. The Morgan fingerprint density at radius 3 is 2.33 bits per heavy atom. The molecule has 1 saturated carbocycles. The van der Waals surface area contributed by atoms with Crippen molar-refractivity contribution in [2.75, 3.05) is 6.73 Å². The predicted octanol–water partition coefficient (Wildman–Crippen LogP) is 0.361. The van der Waals surface area contributed by atoms with Gasteiger partial charge in [-0.15, -0.1) is 5.09 Å². The van der Waals surface area contributed by atoms with Crippen LogP contribution in [0.2, 0.25) is 0 Å². The number of hydrogen-bond acceptors (Lipinski definition) is 9. The SMILES string of the molecule is O=P1(O)OCN[C@@H]2CCCC[C@@H]2N[P+](O)(O)OP(=O)(O)O1. The van der Waals surface area contributed by atoms with E-state index in [4.69, 9.17) is 0 Å². The minimum Gasteiger partial charge on any atom is -0.302 e. The molecular formula is C7H18N2O9P3+. The van der Waals surface area contributed by atoms with Crippen molar-refractivity contribution in [2.24, 2.45) is 0 Å². The molecule has 0 aromatic rings. The van der Waals surface area contributed by atoms with Crippen molar-refractivity contribution in [1.82, 2.24) is 10.4 Å². The van der Waals surface area contributed by atoms with E-state index in [0.717, 1.165) is 12.8 Å². The molecular weight excluding hydrogens is 349 g/mol. The molecule has 2 aliphatic rings. The third-order valence-electron chi connectivity index (χ3n) is 3.10.